The predicted molar refractivity (Wildman–Crippen MR) is 120 cm³/mol. The van der Waals surface area contributed by atoms with Gasteiger partial charge in [-0.15, -0.1) is 25.3 Å². The van der Waals surface area contributed by atoms with Gasteiger partial charge in [-0.05, 0) is 51.5 Å². The van der Waals surface area contributed by atoms with Crippen molar-refractivity contribution < 1.29 is 0 Å². The first kappa shape index (κ1) is 16.9. The summed E-state index contributed by atoms with van der Waals surface area (Å²) in [5.74, 6) is 0. The van der Waals surface area contributed by atoms with Gasteiger partial charge in [-0.3, -0.25) is 0 Å². The molecule has 0 spiro atoms. The molecule has 0 saturated carbocycles. The maximum atomic E-state index is 6.38. The van der Waals surface area contributed by atoms with E-state index >= 15 is 0 Å². The Morgan fingerprint density at radius 2 is 1.38 bits per heavy atom. The third kappa shape index (κ3) is 2.62. The van der Waals surface area contributed by atoms with Gasteiger partial charge in [-0.2, -0.15) is 0 Å². The molecular weight excluding hydrogens is 356 g/mol. The van der Waals surface area contributed by atoms with E-state index in [0.717, 1.165) is 48.3 Å². The van der Waals surface area contributed by atoms with Crippen LogP contribution in [0.4, 0.5) is 17.1 Å². The van der Waals surface area contributed by atoms with E-state index in [1.54, 1.807) is 0 Å². The maximum absolute atomic E-state index is 6.38. The maximum Gasteiger partial charge on any atom is 0.0537 e. The van der Waals surface area contributed by atoms with Gasteiger partial charge >= 0.3 is 0 Å². The average Bonchev–Trinajstić information content (AvgIpc) is 2.64. The minimum atomic E-state index is 0.625. The second kappa shape index (κ2) is 6.31. The van der Waals surface area contributed by atoms with E-state index in [0.29, 0.717) is 10.6 Å². The van der Waals surface area contributed by atoms with Crippen LogP contribution in [-0.4, -0.2) is 0 Å². The lowest BCUT2D eigenvalue weighted by Crippen LogP contribution is -2.16. The van der Waals surface area contributed by atoms with Gasteiger partial charge in [-0.25, -0.2) is 0 Å². The second-order valence-corrected chi connectivity index (χ2v) is 7.28. The highest BCUT2D eigenvalue weighted by molar-refractivity contribution is 7.80. The van der Waals surface area contributed by atoms with E-state index in [1.165, 1.54) is 0 Å². The highest BCUT2D eigenvalue weighted by Gasteiger charge is 2.13. The number of anilines is 3. The molecule has 0 fully saturated rings. The zero-order valence-corrected chi connectivity index (χ0v) is 15.9. The van der Waals surface area contributed by atoms with Gasteiger partial charge in [0.05, 0.1) is 5.69 Å². The van der Waals surface area contributed by atoms with Gasteiger partial charge in [-0.1, -0.05) is 37.4 Å². The van der Waals surface area contributed by atoms with Crippen LogP contribution < -0.4 is 21.5 Å². The first-order chi connectivity index (χ1) is 12.5. The molecule has 0 atom stereocenters. The monoisotopic (exact) mass is 374 g/mol. The van der Waals surface area contributed by atoms with Crippen LogP contribution in [0.2, 0.25) is 0 Å². The van der Waals surface area contributed by atoms with Crippen molar-refractivity contribution >= 4 is 77.0 Å². The van der Waals surface area contributed by atoms with Crippen LogP contribution in [0.1, 0.15) is 0 Å². The Hall–Kier alpha value is -2.56. The second-order valence-electron chi connectivity index (χ2n) is 6.28. The molecule has 2 nitrogen and oxygen atoms in total. The van der Waals surface area contributed by atoms with Gasteiger partial charge < -0.3 is 11.1 Å². The van der Waals surface area contributed by atoms with Gasteiger partial charge in [0.15, 0.2) is 0 Å². The van der Waals surface area contributed by atoms with E-state index in [4.69, 9.17) is 5.73 Å². The molecule has 0 bridgehead atoms. The molecule has 128 valence electrons. The molecule has 0 aromatic heterocycles. The number of fused-ring (bicyclic) bond motifs is 2. The number of rotatable bonds is 2. The van der Waals surface area contributed by atoms with Crippen LogP contribution in [0.5, 0.6) is 0 Å². The number of thiol groups is 2. The number of hydrogen-bond donors (Lipinski definition) is 4. The summed E-state index contributed by atoms with van der Waals surface area (Å²) in [7, 11) is 0. The minimum Gasteiger partial charge on any atom is -0.397 e. The lowest BCUT2D eigenvalue weighted by Gasteiger charge is -2.16. The van der Waals surface area contributed by atoms with Gasteiger partial charge in [0, 0.05) is 31.9 Å². The number of nitrogens with two attached hydrogens (primary N) is 1. The van der Waals surface area contributed by atoms with Crippen LogP contribution in [0.15, 0.2) is 64.4 Å². The predicted octanol–water partition coefficient (Wildman–Crippen LogP) is 4.72. The van der Waals surface area contributed by atoms with Crippen LogP contribution in [0.3, 0.4) is 0 Å². The van der Waals surface area contributed by atoms with Gasteiger partial charge in [0.25, 0.3) is 0 Å². The molecule has 4 aromatic rings. The van der Waals surface area contributed by atoms with Crippen molar-refractivity contribution in [1.29, 1.82) is 0 Å². The fraction of sp³-hybridized carbons (Fsp3) is 0. The van der Waals surface area contributed by atoms with Crippen molar-refractivity contribution in [1.82, 2.24) is 0 Å². The van der Waals surface area contributed by atoms with Gasteiger partial charge in [0.2, 0.25) is 0 Å². The quantitative estimate of drug-likeness (QED) is 0.233. The fourth-order valence-electron chi connectivity index (χ4n) is 3.39. The average molecular weight is 375 g/mol. The molecule has 4 heteroatoms. The molecule has 26 heavy (non-hydrogen) atoms. The molecule has 0 unspecified atom stereocenters. The van der Waals surface area contributed by atoms with Crippen molar-refractivity contribution in [2.75, 3.05) is 11.1 Å². The first-order valence-electron chi connectivity index (χ1n) is 8.17. The van der Waals surface area contributed by atoms with E-state index < -0.39 is 0 Å². The Bertz CT molecular complexity index is 1260. The van der Waals surface area contributed by atoms with Crippen molar-refractivity contribution in [2.45, 2.75) is 9.79 Å². The Morgan fingerprint density at radius 3 is 2.00 bits per heavy atom. The van der Waals surface area contributed by atoms with E-state index in [-0.39, 0.29) is 0 Å². The summed E-state index contributed by atoms with van der Waals surface area (Å²) in [5, 5.41) is 9.29. The van der Waals surface area contributed by atoms with Crippen molar-refractivity contribution in [3.63, 3.8) is 0 Å². The molecule has 0 aliphatic heterocycles. The number of hydrogen-bond acceptors (Lipinski definition) is 4. The lowest BCUT2D eigenvalue weighted by molar-refractivity contribution is 1.44. The fourth-order valence-corrected chi connectivity index (χ4v) is 3.78. The molecule has 0 aliphatic carbocycles. The summed E-state index contributed by atoms with van der Waals surface area (Å²) >= 11 is 8.92. The summed E-state index contributed by atoms with van der Waals surface area (Å²) in [5.41, 5.74) is 8.87. The standard InChI is InChI=1S/C22H18N2S2/c1-12-16-5-3-4-6-17(16)13(2)21-20(12)18(11-19(26)22(21)23)24-14-7-9-15(25)10-8-14/h3-11,24-26H,1-2,23H2. The number of nitrogens with one attached hydrogen (secondary N) is 1. The zero-order chi connectivity index (χ0) is 18.4. The third-order valence-corrected chi connectivity index (χ3v) is 5.34. The zero-order valence-electron chi connectivity index (χ0n) is 14.1. The van der Waals surface area contributed by atoms with Crippen LogP contribution in [0, 0.1) is 0 Å². The normalized spacial score (nSPS) is 11.2. The van der Waals surface area contributed by atoms with E-state index in [1.807, 2.05) is 42.5 Å². The van der Waals surface area contributed by atoms with Crippen LogP contribution >= 0.6 is 25.3 Å². The summed E-state index contributed by atoms with van der Waals surface area (Å²) < 4.78 is 0. The minimum absolute atomic E-state index is 0.625. The van der Waals surface area contributed by atoms with E-state index in [9.17, 15) is 0 Å². The molecule has 4 aromatic carbocycles. The smallest absolute Gasteiger partial charge is 0.0537 e. The summed E-state index contributed by atoms with van der Waals surface area (Å²) in [4.78, 5) is 1.63. The highest BCUT2D eigenvalue weighted by atomic mass is 32.1. The third-order valence-electron chi connectivity index (χ3n) is 4.67. The molecule has 0 radical (unpaired) electrons. The topological polar surface area (TPSA) is 38.0 Å². The molecule has 0 saturated heterocycles. The SMILES string of the molecule is C=c1c2ccccc2c(=C)c2c(N)c(S)cc(Nc3ccc(S)cc3)c12. The van der Waals surface area contributed by atoms with Crippen molar-refractivity contribution in [2.24, 2.45) is 0 Å². The van der Waals surface area contributed by atoms with Crippen molar-refractivity contribution in [3.05, 3.63) is 65.0 Å². The molecule has 0 heterocycles. The highest BCUT2D eigenvalue weighted by Crippen LogP contribution is 2.33. The summed E-state index contributed by atoms with van der Waals surface area (Å²) in [6.45, 7) is 8.64. The van der Waals surface area contributed by atoms with E-state index in [2.05, 4.69) is 55.9 Å². The Labute approximate surface area is 162 Å². The lowest BCUT2D eigenvalue weighted by atomic mass is 9.96. The number of benzene rings is 4. The summed E-state index contributed by atoms with van der Waals surface area (Å²) in [6.07, 6.45) is 0. The first-order valence-corrected chi connectivity index (χ1v) is 9.06. The van der Waals surface area contributed by atoms with Crippen LogP contribution in [-0.2, 0) is 0 Å². The largest absolute Gasteiger partial charge is 0.397 e. The molecule has 0 amide bonds. The summed E-state index contributed by atoms with van der Waals surface area (Å²) in [6, 6.07) is 17.9. The van der Waals surface area contributed by atoms with Gasteiger partial charge in [0.1, 0.15) is 0 Å². The van der Waals surface area contributed by atoms with Crippen molar-refractivity contribution in [3.8, 4) is 0 Å². The Morgan fingerprint density at radius 1 is 0.808 bits per heavy atom. The molecular formula is C22H18N2S2. The Kier molecular flexibility index (Phi) is 4.10. The molecule has 4 rings (SSSR count). The molecule has 0 aliphatic rings. The number of nitrogen functional groups attached to an aromatic ring is 1. The Balaban J connectivity index is 2.11. The van der Waals surface area contributed by atoms with Crippen LogP contribution in [0.25, 0.3) is 34.7 Å². The molecule has 3 N–H and O–H groups in total.